The van der Waals surface area contributed by atoms with Crippen LogP contribution in [0, 0.1) is 23.3 Å². The Bertz CT molecular complexity index is 655. The van der Waals surface area contributed by atoms with Gasteiger partial charge in [0.05, 0.1) is 0 Å². The maximum absolute atomic E-state index is 13.4. The molecule has 0 aliphatic carbocycles. The molecule has 3 rings (SSSR count). The maximum Gasteiger partial charge on any atom is 0.208 e. The Kier molecular flexibility index (Phi) is 2.19. The summed E-state index contributed by atoms with van der Waals surface area (Å²) in [5.74, 6) is -5.73. The van der Waals surface area contributed by atoms with Crippen LogP contribution in [0.2, 0.25) is 0 Å². The number of rotatable bonds is 0. The van der Waals surface area contributed by atoms with Crippen LogP contribution in [0.1, 0.15) is 0 Å². The highest BCUT2D eigenvalue weighted by molar-refractivity contribution is 5.55. The Balaban J connectivity index is 2.18. The Morgan fingerprint density at radius 3 is 2.22 bits per heavy atom. The van der Waals surface area contributed by atoms with E-state index in [4.69, 9.17) is 9.47 Å². The lowest BCUT2D eigenvalue weighted by atomic mass is 10.2. The van der Waals surface area contributed by atoms with E-state index in [2.05, 4.69) is 0 Å². The second kappa shape index (κ2) is 3.63. The number of halogens is 4. The molecule has 0 saturated carbocycles. The predicted molar refractivity (Wildman–Crippen MR) is 52.9 cm³/mol. The number of benzene rings is 2. The molecule has 0 amide bonds. The van der Waals surface area contributed by atoms with Crippen molar-refractivity contribution in [3.05, 3.63) is 47.5 Å². The summed E-state index contributed by atoms with van der Waals surface area (Å²) in [6.07, 6.45) is 0. The molecule has 0 saturated heterocycles. The molecule has 1 heterocycles. The summed E-state index contributed by atoms with van der Waals surface area (Å²) in [5, 5.41) is 0. The van der Waals surface area contributed by atoms with Gasteiger partial charge in [-0.15, -0.1) is 0 Å². The highest BCUT2D eigenvalue weighted by Gasteiger charge is 2.27. The highest BCUT2D eigenvalue weighted by atomic mass is 19.2. The van der Waals surface area contributed by atoms with Crippen LogP contribution in [0.5, 0.6) is 23.0 Å². The molecule has 0 radical (unpaired) electrons. The molecule has 0 aromatic heterocycles. The van der Waals surface area contributed by atoms with Gasteiger partial charge in [0, 0.05) is 12.1 Å². The second-order valence-corrected chi connectivity index (χ2v) is 3.61. The van der Waals surface area contributed by atoms with Crippen molar-refractivity contribution in [1.82, 2.24) is 0 Å². The molecular formula is C12H4F4O2. The fourth-order valence-corrected chi connectivity index (χ4v) is 1.62. The van der Waals surface area contributed by atoms with Crippen LogP contribution < -0.4 is 9.47 Å². The Morgan fingerprint density at radius 2 is 1.44 bits per heavy atom. The summed E-state index contributed by atoms with van der Waals surface area (Å²) >= 11 is 0. The third-order valence-corrected chi connectivity index (χ3v) is 2.41. The third kappa shape index (κ3) is 1.49. The SMILES string of the molecule is Fc1cc(F)c2c(c1)Oc1c(ccc(F)c1F)O2. The van der Waals surface area contributed by atoms with Crippen molar-refractivity contribution >= 4 is 0 Å². The van der Waals surface area contributed by atoms with Crippen LogP contribution in [0.25, 0.3) is 0 Å². The molecule has 0 fully saturated rings. The Morgan fingerprint density at radius 1 is 0.722 bits per heavy atom. The summed E-state index contributed by atoms with van der Waals surface area (Å²) in [6.45, 7) is 0. The van der Waals surface area contributed by atoms with Crippen molar-refractivity contribution in [2.45, 2.75) is 0 Å². The van der Waals surface area contributed by atoms with Gasteiger partial charge in [-0.05, 0) is 12.1 Å². The van der Waals surface area contributed by atoms with E-state index < -0.39 is 29.0 Å². The predicted octanol–water partition coefficient (Wildman–Crippen LogP) is 4.14. The standard InChI is InChI=1S/C12H4F4O2/c13-5-3-7(15)11-9(4-5)18-12-8(17-11)2-1-6(14)10(12)16/h1-4H. The first-order chi connectivity index (χ1) is 8.56. The minimum Gasteiger partial charge on any atom is -0.446 e. The molecule has 0 unspecified atom stereocenters. The van der Waals surface area contributed by atoms with Crippen LogP contribution in [0.4, 0.5) is 17.6 Å². The van der Waals surface area contributed by atoms with Gasteiger partial charge in [0.2, 0.25) is 17.3 Å². The summed E-state index contributed by atoms with van der Waals surface area (Å²) in [5.41, 5.74) is 0. The lowest BCUT2D eigenvalue weighted by Gasteiger charge is -2.21. The monoisotopic (exact) mass is 256 g/mol. The van der Waals surface area contributed by atoms with Crippen molar-refractivity contribution in [2.75, 3.05) is 0 Å². The molecule has 0 atom stereocenters. The van der Waals surface area contributed by atoms with E-state index in [-0.39, 0.29) is 17.2 Å². The smallest absolute Gasteiger partial charge is 0.208 e. The minimum absolute atomic E-state index is 0.174. The minimum atomic E-state index is -1.28. The van der Waals surface area contributed by atoms with Crippen molar-refractivity contribution in [2.24, 2.45) is 0 Å². The lowest BCUT2D eigenvalue weighted by Crippen LogP contribution is -2.04. The molecular weight excluding hydrogens is 252 g/mol. The Hall–Kier alpha value is -2.24. The maximum atomic E-state index is 13.4. The quantitative estimate of drug-likeness (QED) is 0.563. The fourth-order valence-electron chi connectivity index (χ4n) is 1.62. The van der Waals surface area contributed by atoms with E-state index in [0.29, 0.717) is 6.07 Å². The normalized spacial score (nSPS) is 12.2. The van der Waals surface area contributed by atoms with Gasteiger partial charge < -0.3 is 9.47 Å². The summed E-state index contributed by atoms with van der Waals surface area (Å²) in [6, 6.07) is 3.35. The summed E-state index contributed by atoms with van der Waals surface area (Å²) in [4.78, 5) is 0. The topological polar surface area (TPSA) is 18.5 Å². The van der Waals surface area contributed by atoms with Gasteiger partial charge in [-0.3, -0.25) is 0 Å². The fraction of sp³-hybridized carbons (Fsp3) is 0. The van der Waals surface area contributed by atoms with Gasteiger partial charge in [-0.1, -0.05) is 0 Å². The first-order valence-electron chi connectivity index (χ1n) is 4.89. The molecule has 6 heteroatoms. The molecule has 92 valence electrons. The van der Waals surface area contributed by atoms with E-state index in [1.165, 1.54) is 0 Å². The molecule has 1 aliphatic heterocycles. The third-order valence-electron chi connectivity index (χ3n) is 2.41. The van der Waals surface area contributed by atoms with E-state index in [1.54, 1.807) is 0 Å². The van der Waals surface area contributed by atoms with E-state index in [0.717, 1.165) is 18.2 Å². The highest BCUT2D eigenvalue weighted by Crippen LogP contribution is 2.48. The van der Waals surface area contributed by atoms with Crippen molar-refractivity contribution in [3.8, 4) is 23.0 Å². The zero-order valence-electron chi connectivity index (χ0n) is 8.64. The molecule has 1 aliphatic rings. The number of hydrogen-bond donors (Lipinski definition) is 0. The molecule has 2 aromatic carbocycles. The average Bonchev–Trinajstić information content (AvgIpc) is 2.33. The number of hydrogen-bond acceptors (Lipinski definition) is 2. The van der Waals surface area contributed by atoms with Crippen LogP contribution in [-0.4, -0.2) is 0 Å². The van der Waals surface area contributed by atoms with Crippen molar-refractivity contribution in [3.63, 3.8) is 0 Å². The van der Waals surface area contributed by atoms with Gasteiger partial charge in [-0.25, -0.2) is 13.2 Å². The number of fused-ring (bicyclic) bond motifs is 2. The lowest BCUT2D eigenvalue weighted by molar-refractivity contribution is 0.317. The molecule has 0 bridgehead atoms. The van der Waals surface area contributed by atoms with Gasteiger partial charge in [-0.2, -0.15) is 4.39 Å². The van der Waals surface area contributed by atoms with Crippen molar-refractivity contribution in [1.29, 1.82) is 0 Å². The van der Waals surface area contributed by atoms with E-state index in [9.17, 15) is 17.6 Å². The molecule has 0 N–H and O–H groups in total. The van der Waals surface area contributed by atoms with Gasteiger partial charge in [0.15, 0.2) is 23.1 Å². The van der Waals surface area contributed by atoms with Crippen LogP contribution in [-0.2, 0) is 0 Å². The molecule has 2 nitrogen and oxygen atoms in total. The van der Waals surface area contributed by atoms with Crippen LogP contribution >= 0.6 is 0 Å². The summed E-state index contributed by atoms with van der Waals surface area (Å²) < 4.78 is 62.7. The van der Waals surface area contributed by atoms with E-state index in [1.807, 2.05) is 0 Å². The second-order valence-electron chi connectivity index (χ2n) is 3.61. The van der Waals surface area contributed by atoms with Gasteiger partial charge in [0.25, 0.3) is 0 Å². The molecule has 0 spiro atoms. The zero-order chi connectivity index (χ0) is 12.9. The first-order valence-corrected chi connectivity index (χ1v) is 4.89. The number of ether oxygens (including phenoxy) is 2. The van der Waals surface area contributed by atoms with Crippen LogP contribution in [0.15, 0.2) is 24.3 Å². The Labute approximate surface area is 98.4 Å². The zero-order valence-corrected chi connectivity index (χ0v) is 8.64. The summed E-state index contributed by atoms with van der Waals surface area (Å²) in [7, 11) is 0. The molecule has 2 aromatic rings. The average molecular weight is 256 g/mol. The van der Waals surface area contributed by atoms with Crippen LogP contribution in [0.3, 0.4) is 0 Å². The first kappa shape index (κ1) is 10.9. The van der Waals surface area contributed by atoms with Crippen molar-refractivity contribution < 1.29 is 27.0 Å². The van der Waals surface area contributed by atoms with E-state index >= 15 is 0 Å². The van der Waals surface area contributed by atoms with Gasteiger partial charge in [0.1, 0.15) is 5.82 Å². The molecule has 18 heavy (non-hydrogen) atoms. The van der Waals surface area contributed by atoms with Gasteiger partial charge >= 0.3 is 0 Å². The largest absolute Gasteiger partial charge is 0.446 e.